The molecule has 0 N–H and O–H groups in total. The van der Waals surface area contributed by atoms with Crippen LogP contribution in [0.15, 0.2) is 11.0 Å². The van der Waals surface area contributed by atoms with Gasteiger partial charge in [-0.15, -0.1) is 11.3 Å². The molecule has 2 heteroatoms. The lowest BCUT2D eigenvalue weighted by molar-refractivity contribution is 0.852. The van der Waals surface area contributed by atoms with Crippen molar-refractivity contribution in [3.8, 4) is 0 Å². The highest BCUT2D eigenvalue weighted by molar-refractivity contribution is 7.80. The van der Waals surface area contributed by atoms with E-state index in [1.807, 2.05) is 11.3 Å². The van der Waals surface area contributed by atoms with E-state index in [1.165, 1.54) is 39.3 Å². The summed E-state index contributed by atoms with van der Waals surface area (Å²) in [4.78, 5) is 2.53. The lowest BCUT2D eigenvalue weighted by Gasteiger charge is -2.13. The molecule has 0 radical (unpaired) electrons. The first-order valence-electron chi connectivity index (χ1n) is 4.97. The van der Waals surface area contributed by atoms with Crippen molar-refractivity contribution in [1.82, 2.24) is 0 Å². The molecule has 1 aromatic heterocycles. The monoisotopic (exact) mass is 222 g/mol. The average molecular weight is 222 g/mol. The molecule has 0 amide bonds. The van der Waals surface area contributed by atoms with Gasteiger partial charge in [-0.1, -0.05) is 17.8 Å². The molecule has 1 aliphatic rings. The van der Waals surface area contributed by atoms with Gasteiger partial charge in [-0.3, -0.25) is 0 Å². The highest BCUT2D eigenvalue weighted by Crippen LogP contribution is 2.31. The van der Waals surface area contributed by atoms with Crippen LogP contribution in [0.2, 0.25) is 0 Å². The van der Waals surface area contributed by atoms with Crippen molar-refractivity contribution in [1.29, 1.82) is 0 Å². The number of rotatable bonds is 1. The standard InChI is InChI=1S/C12H14S2/c1-8(2)6-11-12-9(7-14-11)4-3-5-10(12)13/h6-7H,3-5H2,1-2H3. The number of thiophene rings is 1. The molecule has 0 nitrogen and oxygen atoms in total. The average Bonchev–Trinajstić information content (AvgIpc) is 2.49. The van der Waals surface area contributed by atoms with E-state index in [0.29, 0.717) is 0 Å². The summed E-state index contributed by atoms with van der Waals surface area (Å²) in [6.45, 7) is 4.27. The van der Waals surface area contributed by atoms with Crippen molar-refractivity contribution in [2.75, 3.05) is 0 Å². The molecule has 0 aromatic carbocycles. The Morgan fingerprint density at radius 1 is 1.43 bits per heavy atom. The Morgan fingerprint density at radius 3 is 2.93 bits per heavy atom. The van der Waals surface area contributed by atoms with Crippen LogP contribution < -0.4 is 0 Å². The molecule has 74 valence electrons. The quantitative estimate of drug-likeness (QED) is 0.641. The summed E-state index contributed by atoms with van der Waals surface area (Å²) in [5.41, 5.74) is 4.19. The largest absolute Gasteiger partial charge is 0.143 e. The van der Waals surface area contributed by atoms with E-state index < -0.39 is 0 Å². The van der Waals surface area contributed by atoms with Gasteiger partial charge >= 0.3 is 0 Å². The molecule has 0 aliphatic heterocycles. The Balaban J connectivity index is 2.49. The topological polar surface area (TPSA) is 0 Å². The Kier molecular flexibility index (Phi) is 2.84. The van der Waals surface area contributed by atoms with E-state index in [9.17, 15) is 0 Å². The molecule has 0 saturated carbocycles. The summed E-state index contributed by atoms with van der Waals surface area (Å²) in [7, 11) is 0. The predicted octanol–water partition coefficient (Wildman–Crippen LogP) is 4.23. The smallest absolute Gasteiger partial charge is 0.0356 e. The van der Waals surface area contributed by atoms with Crippen molar-refractivity contribution in [2.45, 2.75) is 33.1 Å². The molecule has 14 heavy (non-hydrogen) atoms. The minimum absolute atomic E-state index is 1.10. The van der Waals surface area contributed by atoms with Crippen LogP contribution in [0.3, 0.4) is 0 Å². The van der Waals surface area contributed by atoms with Crippen molar-refractivity contribution in [3.05, 3.63) is 27.0 Å². The summed E-state index contributed by atoms with van der Waals surface area (Å²) in [5, 5.41) is 2.27. The van der Waals surface area contributed by atoms with Gasteiger partial charge in [-0.25, -0.2) is 0 Å². The number of hydrogen-bond acceptors (Lipinski definition) is 2. The van der Waals surface area contributed by atoms with Crippen LogP contribution in [-0.4, -0.2) is 4.86 Å². The fourth-order valence-corrected chi connectivity index (χ4v) is 3.47. The van der Waals surface area contributed by atoms with E-state index in [4.69, 9.17) is 12.2 Å². The van der Waals surface area contributed by atoms with Gasteiger partial charge in [0.1, 0.15) is 0 Å². The van der Waals surface area contributed by atoms with Crippen LogP contribution in [0, 0.1) is 0 Å². The maximum absolute atomic E-state index is 5.43. The lowest BCUT2D eigenvalue weighted by atomic mass is 9.93. The molecular formula is C12H14S2. The van der Waals surface area contributed by atoms with Gasteiger partial charge in [0.25, 0.3) is 0 Å². The second-order valence-corrected chi connectivity index (χ2v) is 5.40. The molecular weight excluding hydrogens is 208 g/mol. The van der Waals surface area contributed by atoms with Crippen molar-refractivity contribution < 1.29 is 0 Å². The van der Waals surface area contributed by atoms with Crippen LogP contribution in [0.4, 0.5) is 0 Å². The van der Waals surface area contributed by atoms with Crippen LogP contribution in [0.5, 0.6) is 0 Å². The minimum Gasteiger partial charge on any atom is -0.143 e. The van der Waals surface area contributed by atoms with E-state index in [1.54, 1.807) is 0 Å². The third-order valence-electron chi connectivity index (χ3n) is 2.44. The fourth-order valence-electron chi connectivity index (χ4n) is 1.84. The molecule has 2 rings (SSSR count). The summed E-state index contributed by atoms with van der Waals surface area (Å²) < 4.78 is 0. The molecule has 1 aliphatic carbocycles. The van der Waals surface area contributed by atoms with Gasteiger partial charge in [0.15, 0.2) is 0 Å². The maximum Gasteiger partial charge on any atom is 0.0356 e. The zero-order chi connectivity index (χ0) is 10.1. The Morgan fingerprint density at radius 2 is 2.21 bits per heavy atom. The SMILES string of the molecule is CC(C)=Cc1scc2c1C(=S)CCC2. The Labute approximate surface area is 94.7 Å². The first-order chi connectivity index (χ1) is 6.68. The highest BCUT2D eigenvalue weighted by Gasteiger charge is 2.18. The van der Waals surface area contributed by atoms with Gasteiger partial charge in [0.05, 0.1) is 0 Å². The van der Waals surface area contributed by atoms with E-state index >= 15 is 0 Å². The van der Waals surface area contributed by atoms with Crippen molar-refractivity contribution in [2.24, 2.45) is 0 Å². The van der Waals surface area contributed by atoms with E-state index in [0.717, 1.165) is 6.42 Å². The summed E-state index contributed by atoms with van der Waals surface area (Å²) in [6, 6.07) is 0. The van der Waals surface area contributed by atoms with Crippen molar-refractivity contribution >= 4 is 34.5 Å². The van der Waals surface area contributed by atoms with Crippen LogP contribution in [-0.2, 0) is 6.42 Å². The predicted molar refractivity (Wildman–Crippen MR) is 68.3 cm³/mol. The molecule has 0 saturated heterocycles. The molecule has 0 bridgehead atoms. The zero-order valence-electron chi connectivity index (χ0n) is 8.59. The Bertz CT molecular complexity index is 392. The second kappa shape index (κ2) is 3.95. The zero-order valence-corrected chi connectivity index (χ0v) is 10.2. The first kappa shape index (κ1) is 10.1. The molecule has 0 atom stereocenters. The van der Waals surface area contributed by atoms with Gasteiger partial charge in [-0.05, 0) is 50.1 Å². The molecule has 1 heterocycles. The van der Waals surface area contributed by atoms with Gasteiger partial charge in [0.2, 0.25) is 0 Å². The normalized spacial score (nSPS) is 15.1. The van der Waals surface area contributed by atoms with Crippen LogP contribution in [0.1, 0.15) is 42.7 Å². The van der Waals surface area contributed by atoms with Gasteiger partial charge < -0.3 is 0 Å². The number of fused-ring (bicyclic) bond motifs is 1. The summed E-state index contributed by atoms with van der Waals surface area (Å²) in [6.07, 6.45) is 5.79. The Hall–Kier alpha value is -0.470. The number of aryl methyl sites for hydroxylation is 1. The number of allylic oxidation sites excluding steroid dienone is 1. The number of thiocarbonyl (C=S) groups is 1. The molecule has 0 fully saturated rings. The second-order valence-electron chi connectivity index (χ2n) is 4.00. The maximum atomic E-state index is 5.43. The summed E-state index contributed by atoms with van der Waals surface area (Å²) in [5.74, 6) is 0. The molecule has 1 aromatic rings. The molecule has 0 spiro atoms. The minimum atomic E-state index is 1.10. The van der Waals surface area contributed by atoms with Crippen LogP contribution in [0.25, 0.3) is 6.08 Å². The highest BCUT2D eigenvalue weighted by atomic mass is 32.1. The summed E-state index contributed by atoms with van der Waals surface area (Å²) >= 11 is 7.27. The van der Waals surface area contributed by atoms with Gasteiger partial charge in [-0.2, -0.15) is 0 Å². The lowest BCUT2D eigenvalue weighted by Crippen LogP contribution is -2.08. The fraction of sp³-hybridized carbons (Fsp3) is 0.417. The van der Waals surface area contributed by atoms with E-state index in [-0.39, 0.29) is 0 Å². The third kappa shape index (κ3) is 1.82. The molecule has 0 unspecified atom stereocenters. The third-order valence-corrected chi connectivity index (χ3v) is 3.83. The van der Waals surface area contributed by atoms with Gasteiger partial charge in [0, 0.05) is 15.3 Å². The number of hydrogen-bond donors (Lipinski definition) is 0. The van der Waals surface area contributed by atoms with E-state index in [2.05, 4.69) is 25.3 Å². The van der Waals surface area contributed by atoms with Crippen LogP contribution >= 0.6 is 23.6 Å². The first-order valence-corrected chi connectivity index (χ1v) is 6.25. The van der Waals surface area contributed by atoms with Crippen molar-refractivity contribution in [3.63, 3.8) is 0 Å².